The lowest BCUT2D eigenvalue weighted by Crippen LogP contribution is -2.33. The van der Waals surface area contributed by atoms with E-state index in [4.69, 9.17) is 16.3 Å². The van der Waals surface area contributed by atoms with Crippen LogP contribution in [0, 0.1) is 0 Å². The van der Waals surface area contributed by atoms with E-state index < -0.39 is 5.97 Å². The maximum Gasteiger partial charge on any atom is 0.339 e. The molecule has 18 heavy (non-hydrogen) atoms. The second kappa shape index (κ2) is 6.17. The maximum atomic E-state index is 11.4. The van der Waals surface area contributed by atoms with E-state index >= 15 is 0 Å². The molecule has 0 N–H and O–H groups in total. The Balaban J connectivity index is 2.06. The molecule has 0 aliphatic heterocycles. The Bertz CT molecular complexity index is 511. The van der Waals surface area contributed by atoms with Crippen LogP contribution in [-0.2, 0) is 11.3 Å². The van der Waals surface area contributed by atoms with E-state index in [9.17, 15) is 4.79 Å². The molecule has 0 atom stereocenters. The van der Waals surface area contributed by atoms with Crippen LogP contribution in [0.4, 0.5) is 0 Å². The fourth-order valence-corrected chi connectivity index (χ4v) is 1.73. The zero-order valence-corrected chi connectivity index (χ0v) is 10.5. The van der Waals surface area contributed by atoms with Crippen molar-refractivity contribution in [1.29, 1.82) is 0 Å². The van der Waals surface area contributed by atoms with Gasteiger partial charge in [0, 0.05) is 17.7 Å². The second-order valence-electron chi connectivity index (χ2n) is 3.79. The first-order chi connectivity index (χ1) is 8.79. The second-order valence-corrected chi connectivity index (χ2v) is 4.00. The number of rotatable bonds is 4. The number of aromatic nitrogens is 1. The van der Waals surface area contributed by atoms with E-state index in [0.29, 0.717) is 5.56 Å². The van der Waals surface area contributed by atoms with Crippen molar-refractivity contribution >= 4 is 17.6 Å². The lowest BCUT2D eigenvalue weighted by molar-refractivity contribution is -0.688. The number of hydrogen-bond acceptors (Lipinski definition) is 2. The Morgan fingerprint density at radius 1 is 1.11 bits per heavy atom. The molecule has 92 valence electrons. The van der Waals surface area contributed by atoms with Crippen molar-refractivity contribution in [3.05, 3.63) is 66.0 Å². The van der Waals surface area contributed by atoms with Crippen LogP contribution in [0.25, 0.3) is 0 Å². The van der Waals surface area contributed by atoms with Crippen LogP contribution in [0.15, 0.2) is 54.9 Å². The van der Waals surface area contributed by atoms with E-state index in [1.807, 2.05) is 35.2 Å². The highest BCUT2D eigenvalue weighted by Crippen LogP contribution is 2.01. The number of nitrogens with zero attached hydrogens (tertiary/aromatic N) is 1. The predicted molar refractivity (Wildman–Crippen MR) is 68.3 cm³/mol. The Labute approximate surface area is 111 Å². The molecule has 0 aliphatic rings. The van der Waals surface area contributed by atoms with Crippen LogP contribution in [0.2, 0.25) is 0 Å². The van der Waals surface area contributed by atoms with E-state index in [2.05, 4.69) is 12.1 Å². The van der Waals surface area contributed by atoms with Crippen molar-refractivity contribution in [1.82, 2.24) is 0 Å². The Morgan fingerprint density at radius 2 is 1.78 bits per heavy atom. The summed E-state index contributed by atoms with van der Waals surface area (Å²) in [7, 11) is 0. The van der Waals surface area contributed by atoms with Gasteiger partial charge >= 0.3 is 5.97 Å². The molecule has 0 amide bonds. The fourth-order valence-electron chi connectivity index (χ4n) is 1.63. The average Bonchev–Trinajstić information content (AvgIpc) is 2.41. The van der Waals surface area contributed by atoms with Gasteiger partial charge in [-0.25, -0.2) is 9.36 Å². The first kappa shape index (κ1) is 12.6. The van der Waals surface area contributed by atoms with Gasteiger partial charge < -0.3 is 4.74 Å². The van der Waals surface area contributed by atoms with Crippen molar-refractivity contribution in [2.75, 3.05) is 6.07 Å². The van der Waals surface area contributed by atoms with Crippen LogP contribution in [0.1, 0.15) is 15.9 Å². The number of hydrogen-bond donors (Lipinski definition) is 0. The molecule has 2 aromatic rings. The zero-order chi connectivity index (χ0) is 12.8. The van der Waals surface area contributed by atoms with Crippen LogP contribution in [-0.4, -0.2) is 12.0 Å². The third-order valence-electron chi connectivity index (χ3n) is 2.52. The topological polar surface area (TPSA) is 30.2 Å². The number of esters is 1. The summed E-state index contributed by atoms with van der Waals surface area (Å²) in [6.45, 7) is 0.770. The molecule has 1 heterocycles. The minimum atomic E-state index is -0.406. The number of alkyl halides is 1. The molecule has 3 nitrogen and oxygen atoms in total. The van der Waals surface area contributed by atoms with Gasteiger partial charge in [0.05, 0.1) is 5.56 Å². The molecule has 0 aliphatic carbocycles. The molecule has 0 fully saturated rings. The number of benzene rings is 1. The summed E-state index contributed by atoms with van der Waals surface area (Å²) in [5, 5.41) is 0. The van der Waals surface area contributed by atoms with Gasteiger partial charge in [0.2, 0.25) is 0 Å². The van der Waals surface area contributed by atoms with Crippen LogP contribution in [0.5, 0.6) is 0 Å². The number of carbonyl (C=O) groups is 1. The molecular formula is C14H13ClNO2+. The summed E-state index contributed by atoms with van der Waals surface area (Å²) >= 11 is 5.34. The molecule has 0 radical (unpaired) electrons. The highest BCUT2D eigenvalue weighted by Gasteiger charge is 2.09. The first-order valence-electron chi connectivity index (χ1n) is 5.56. The van der Waals surface area contributed by atoms with Crippen molar-refractivity contribution in [2.45, 2.75) is 6.54 Å². The van der Waals surface area contributed by atoms with Crippen molar-refractivity contribution in [3.63, 3.8) is 0 Å². The highest BCUT2D eigenvalue weighted by atomic mass is 35.5. The molecule has 0 saturated heterocycles. The monoisotopic (exact) mass is 262 g/mol. The van der Waals surface area contributed by atoms with Gasteiger partial charge in [0.25, 0.3) is 0 Å². The Hall–Kier alpha value is -1.87. The van der Waals surface area contributed by atoms with Gasteiger partial charge in [-0.05, 0) is 0 Å². The molecule has 4 heteroatoms. The molecule has 0 spiro atoms. The summed E-state index contributed by atoms with van der Waals surface area (Å²) in [4.78, 5) is 11.4. The zero-order valence-electron chi connectivity index (χ0n) is 9.75. The smallest absolute Gasteiger partial charge is 0.339 e. The third kappa shape index (κ3) is 3.31. The lowest BCUT2D eigenvalue weighted by Gasteiger charge is -2.00. The number of ether oxygens (including phenoxy) is 1. The Morgan fingerprint density at radius 3 is 2.39 bits per heavy atom. The van der Waals surface area contributed by atoms with Gasteiger partial charge in [-0.15, -0.1) is 0 Å². The highest BCUT2D eigenvalue weighted by molar-refractivity contribution is 6.17. The fraction of sp³-hybridized carbons (Fsp3) is 0.143. The van der Waals surface area contributed by atoms with Crippen molar-refractivity contribution < 1.29 is 14.1 Å². The SMILES string of the molecule is O=C(OCCl)c1cc[n+](Cc2ccccc2)cc1. The minimum absolute atomic E-state index is 0.127. The van der Waals surface area contributed by atoms with Crippen molar-refractivity contribution in [2.24, 2.45) is 0 Å². The largest absolute Gasteiger partial charge is 0.446 e. The number of carbonyl (C=O) groups excluding carboxylic acids is 1. The summed E-state index contributed by atoms with van der Waals surface area (Å²) in [5.74, 6) is -0.406. The molecule has 0 unspecified atom stereocenters. The number of halogens is 1. The minimum Gasteiger partial charge on any atom is -0.446 e. The van der Waals surface area contributed by atoms with E-state index in [-0.39, 0.29) is 6.07 Å². The van der Waals surface area contributed by atoms with Crippen LogP contribution in [0.3, 0.4) is 0 Å². The summed E-state index contributed by atoms with van der Waals surface area (Å²) < 4.78 is 6.70. The molecule has 1 aromatic carbocycles. The predicted octanol–water partition coefficient (Wildman–Crippen LogP) is 2.38. The van der Waals surface area contributed by atoms with E-state index in [1.54, 1.807) is 12.1 Å². The van der Waals surface area contributed by atoms with Gasteiger partial charge in [-0.2, -0.15) is 0 Å². The van der Waals surface area contributed by atoms with Gasteiger partial charge in [0.1, 0.15) is 0 Å². The summed E-state index contributed by atoms with van der Waals surface area (Å²) in [6, 6.07) is 13.4. The molecular weight excluding hydrogens is 250 g/mol. The van der Waals surface area contributed by atoms with Gasteiger partial charge in [-0.3, -0.25) is 0 Å². The Kier molecular flexibility index (Phi) is 4.31. The van der Waals surface area contributed by atoms with Gasteiger partial charge in [-0.1, -0.05) is 41.9 Å². The lowest BCUT2D eigenvalue weighted by atomic mass is 10.2. The summed E-state index contributed by atoms with van der Waals surface area (Å²) in [5.41, 5.74) is 1.71. The normalized spacial score (nSPS) is 10.1. The average molecular weight is 263 g/mol. The van der Waals surface area contributed by atoms with Crippen LogP contribution < -0.4 is 4.57 Å². The van der Waals surface area contributed by atoms with Gasteiger partial charge in [0.15, 0.2) is 25.0 Å². The molecule has 0 saturated carbocycles. The number of pyridine rings is 1. The van der Waals surface area contributed by atoms with Crippen LogP contribution >= 0.6 is 11.6 Å². The van der Waals surface area contributed by atoms with E-state index in [0.717, 1.165) is 6.54 Å². The third-order valence-corrected chi connectivity index (χ3v) is 2.63. The first-order valence-corrected chi connectivity index (χ1v) is 6.09. The standard InChI is InChI=1S/C14H13ClNO2/c15-11-18-14(17)13-6-8-16(9-7-13)10-12-4-2-1-3-5-12/h1-9H,10-11H2/q+1. The maximum absolute atomic E-state index is 11.4. The summed E-state index contributed by atoms with van der Waals surface area (Å²) in [6.07, 6.45) is 3.69. The quantitative estimate of drug-likeness (QED) is 0.481. The molecule has 2 rings (SSSR count). The molecule has 1 aromatic heterocycles. The van der Waals surface area contributed by atoms with E-state index in [1.165, 1.54) is 5.56 Å². The van der Waals surface area contributed by atoms with Crippen molar-refractivity contribution in [3.8, 4) is 0 Å². The molecule has 0 bridgehead atoms.